The zero-order valence-electron chi connectivity index (χ0n) is 18.5. The minimum Gasteiger partial charge on any atom is -0.428 e. The van der Waals surface area contributed by atoms with Gasteiger partial charge in [0.2, 0.25) is 0 Å². The van der Waals surface area contributed by atoms with Gasteiger partial charge in [-0.1, -0.05) is 54.1 Å². The first kappa shape index (κ1) is 24.6. The summed E-state index contributed by atoms with van der Waals surface area (Å²) in [6.07, 6.45) is -6.96. The van der Waals surface area contributed by atoms with Crippen LogP contribution in [0.3, 0.4) is 0 Å². The Balaban J connectivity index is 1.69. The van der Waals surface area contributed by atoms with E-state index < -0.39 is 24.3 Å². The van der Waals surface area contributed by atoms with Crippen LogP contribution in [0.2, 0.25) is 5.02 Å². The Hall–Kier alpha value is -3.52. The smallest absolute Gasteiger partial charge is 0.428 e. The summed E-state index contributed by atoms with van der Waals surface area (Å²) in [4.78, 5) is 14.9. The Morgan fingerprint density at radius 2 is 1.69 bits per heavy atom. The zero-order chi connectivity index (χ0) is 25.2. The van der Waals surface area contributed by atoms with Crippen LogP contribution in [0.1, 0.15) is 30.1 Å². The lowest BCUT2D eigenvalue weighted by Crippen LogP contribution is -2.34. The standard InChI is InChI=1S/C26H21ClF4N2O2/c1-16(17-6-3-2-4-7-17)32-22-15-23(33(24(22)34)20-12-10-19(27)11-13-20)18-8-5-9-21(14-18)35-26(30,31)25(28)29/h2-16,23,25,32H,1H3/t16-,23+/m1/s1. The average molecular weight is 505 g/mol. The molecular weight excluding hydrogens is 484 g/mol. The second-order valence-corrected chi connectivity index (χ2v) is 8.43. The van der Waals surface area contributed by atoms with E-state index in [9.17, 15) is 22.4 Å². The van der Waals surface area contributed by atoms with Crippen LogP contribution in [0.15, 0.2) is 90.6 Å². The number of rotatable bonds is 8. The number of amides is 1. The van der Waals surface area contributed by atoms with Crippen LogP contribution in [-0.2, 0) is 4.79 Å². The molecule has 4 nitrogen and oxygen atoms in total. The fourth-order valence-electron chi connectivity index (χ4n) is 3.82. The predicted molar refractivity (Wildman–Crippen MR) is 126 cm³/mol. The molecule has 0 aromatic heterocycles. The van der Waals surface area contributed by atoms with Crippen molar-refractivity contribution in [2.45, 2.75) is 31.5 Å². The lowest BCUT2D eigenvalue weighted by Gasteiger charge is -2.26. The molecule has 0 radical (unpaired) electrons. The summed E-state index contributed by atoms with van der Waals surface area (Å²) in [5.74, 6) is -0.784. The van der Waals surface area contributed by atoms with Gasteiger partial charge in [0, 0.05) is 16.8 Å². The van der Waals surface area contributed by atoms with Gasteiger partial charge < -0.3 is 10.1 Å². The summed E-state index contributed by atoms with van der Waals surface area (Å²) in [6, 6.07) is 20.6. The summed E-state index contributed by atoms with van der Waals surface area (Å²) >= 11 is 6.00. The van der Waals surface area contributed by atoms with E-state index >= 15 is 0 Å². The fraction of sp³-hybridized carbons (Fsp3) is 0.192. The van der Waals surface area contributed by atoms with E-state index in [-0.39, 0.29) is 11.9 Å². The van der Waals surface area contributed by atoms with Crippen molar-refractivity contribution >= 4 is 23.2 Å². The molecule has 35 heavy (non-hydrogen) atoms. The highest BCUT2D eigenvalue weighted by Crippen LogP contribution is 2.38. The predicted octanol–water partition coefficient (Wildman–Crippen LogP) is 6.90. The molecule has 0 spiro atoms. The lowest BCUT2D eigenvalue weighted by molar-refractivity contribution is -0.253. The second-order valence-electron chi connectivity index (χ2n) is 7.99. The quantitative estimate of drug-likeness (QED) is 0.339. The number of alkyl halides is 4. The molecule has 9 heteroatoms. The number of benzene rings is 3. The maximum Gasteiger partial charge on any atom is 0.461 e. The molecule has 1 aliphatic rings. The van der Waals surface area contributed by atoms with Gasteiger partial charge in [0.25, 0.3) is 5.91 Å². The van der Waals surface area contributed by atoms with Crippen LogP contribution < -0.4 is 15.0 Å². The van der Waals surface area contributed by atoms with Gasteiger partial charge in [-0.05, 0) is 60.5 Å². The molecule has 1 N–H and O–H groups in total. The van der Waals surface area contributed by atoms with Crippen LogP contribution in [0.5, 0.6) is 5.75 Å². The third-order valence-corrected chi connectivity index (χ3v) is 5.79. The van der Waals surface area contributed by atoms with Gasteiger partial charge in [-0.3, -0.25) is 9.69 Å². The number of hydrogen-bond donors (Lipinski definition) is 1. The maximum absolute atomic E-state index is 13.5. The third kappa shape index (κ3) is 5.43. The average Bonchev–Trinajstić information content (AvgIpc) is 3.16. The van der Waals surface area contributed by atoms with Crippen molar-refractivity contribution in [3.8, 4) is 5.75 Å². The molecule has 0 saturated heterocycles. The van der Waals surface area contributed by atoms with Crippen LogP contribution in [-0.4, -0.2) is 18.4 Å². The molecule has 0 fully saturated rings. The highest BCUT2D eigenvalue weighted by atomic mass is 35.5. The highest BCUT2D eigenvalue weighted by Gasteiger charge is 2.44. The van der Waals surface area contributed by atoms with Gasteiger partial charge in [0.15, 0.2) is 0 Å². The summed E-state index contributed by atoms with van der Waals surface area (Å²) in [6.45, 7) is 1.91. The topological polar surface area (TPSA) is 41.6 Å². The third-order valence-electron chi connectivity index (χ3n) is 5.54. The molecule has 3 aromatic rings. The first-order chi connectivity index (χ1) is 16.7. The molecule has 0 aliphatic carbocycles. The SMILES string of the molecule is C[C@@H](NC1=C[C@@H](c2cccc(OC(F)(F)C(F)F)c2)N(c2ccc(Cl)cc2)C1=O)c1ccccc1. The minimum atomic E-state index is -4.65. The van der Waals surface area contributed by atoms with Gasteiger partial charge in [-0.15, -0.1) is 0 Å². The molecule has 3 aromatic carbocycles. The molecule has 2 atom stereocenters. The van der Waals surface area contributed by atoms with Gasteiger partial charge in [0.1, 0.15) is 5.75 Å². The van der Waals surface area contributed by atoms with Gasteiger partial charge in [-0.25, -0.2) is 0 Å². The van der Waals surface area contributed by atoms with Crippen LogP contribution in [0.4, 0.5) is 23.2 Å². The normalized spacial score (nSPS) is 16.9. The van der Waals surface area contributed by atoms with Crippen molar-refractivity contribution in [2.75, 3.05) is 4.90 Å². The molecule has 0 bridgehead atoms. The van der Waals surface area contributed by atoms with Crippen molar-refractivity contribution in [1.29, 1.82) is 0 Å². The van der Waals surface area contributed by atoms with Crippen molar-refractivity contribution in [3.63, 3.8) is 0 Å². The first-order valence-electron chi connectivity index (χ1n) is 10.7. The van der Waals surface area contributed by atoms with E-state index in [1.54, 1.807) is 36.4 Å². The van der Waals surface area contributed by atoms with E-state index in [1.807, 2.05) is 37.3 Å². The van der Waals surface area contributed by atoms with Crippen LogP contribution in [0.25, 0.3) is 0 Å². The molecule has 1 heterocycles. The van der Waals surface area contributed by atoms with Crippen molar-refractivity contribution in [1.82, 2.24) is 5.32 Å². The molecule has 182 valence electrons. The summed E-state index contributed by atoms with van der Waals surface area (Å²) in [5, 5.41) is 3.69. The Kier molecular flexibility index (Phi) is 7.03. The number of hydrogen-bond acceptors (Lipinski definition) is 3. The zero-order valence-corrected chi connectivity index (χ0v) is 19.2. The summed E-state index contributed by atoms with van der Waals surface area (Å²) < 4.78 is 56.5. The maximum atomic E-state index is 13.5. The van der Waals surface area contributed by atoms with E-state index in [2.05, 4.69) is 10.1 Å². The fourth-order valence-corrected chi connectivity index (χ4v) is 3.94. The van der Waals surface area contributed by atoms with E-state index in [0.717, 1.165) is 11.6 Å². The molecule has 1 aliphatic heterocycles. The van der Waals surface area contributed by atoms with Crippen molar-refractivity contribution in [2.24, 2.45) is 0 Å². The van der Waals surface area contributed by atoms with E-state index in [1.165, 1.54) is 17.0 Å². The molecule has 1 amide bonds. The number of ether oxygens (including phenoxy) is 1. The Labute approximate surface area is 204 Å². The number of carbonyl (C=O) groups excluding carboxylic acids is 1. The van der Waals surface area contributed by atoms with Crippen molar-refractivity contribution in [3.05, 3.63) is 107 Å². The first-order valence-corrected chi connectivity index (χ1v) is 11.1. The number of anilines is 1. The Bertz CT molecular complexity index is 1220. The molecule has 0 unspecified atom stereocenters. The molecular formula is C26H21ClF4N2O2. The number of nitrogens with one attached hydrogen (secondary N) is 1. The van der Waals surface area contributed by atoms with Gasteiger partial charge in [-0.2, -0.15) is 17.6 Å². The number of halogens is 5. The Morgan fingerprint density at radius 1 is 1.00 bits per heavy atom. The number of carbonyl (C=O) groups is 1. The summed E-state index contributed by atoms with van der Waals surface area (Å²) in [5.41, 5.74) is 2.20. The van der Waals surface area contributed by atoms with E-state index in [4.69, 9.17) is 11.6 Å². The van der Waals surface area contributed by atoms with Crippen molar-refractivity contribution < 1.29 is 27.1 Å². The van der Waals surface area contributed by atoms with Crippen LogP contribution in [0, 0.1) is 0 Å². The minimum absolute atomic E-state index is 0.198. The highest BCUT2D eigenvalue weighted by molar-refractivity contribution is 6.30. The monoisotopic (exact) mass is 504 g/mol. The number of nitrogens with zero attached hydrogens (tertiary/aromatic N) is 1. The summed E-state index contributed by atoms with van der Waals surface area (Å²) in [7, 11) is 0. The van der Waals surface area contributed by atoms with Crippen LogP contribution >= 0.6 is 11.6 Å². The largest absolute Gasteiger partial charge is 0.461 e. The molecule has 0 saturated carbocycles. The van der Waals surface area contributed by atoms with Gasteiger partial charge >= 0.3 is 12.5 Å². The van der Waals surface area contributed by atoms with Gasteiger partial charge in [0.05, 0.1) is 11.7 Å². The molecule has 4 rings (SSSR count). The van der Waals surface area contributed by atoms with E-state index in [0.29, 0.717) is 22.0 Å². The lowest BCUT2D eigenvalue weighted by atomic mass is 10.1. The Morgan fingerprint density at radius 3 is 2.34 bits per heavy atom. The second kappa shape index (κ2) is 10.00.